The standard InChI is InChI=1S/C16H21N5O2/c1-11-8-14(23-20-11)16(22)21-7-3-4-12(10-21)9-13-15(17-2)19-6-5-18-13/h5-6,8,12H,3-4,7,9-10H2,1-2H3,(H,17,19). The average Bonchev–Trinajstić information content (AvgIpc) is 3.01. The minimum absolute atomic E-state index is 0.0803. The first-order valence-corrected chi connectivity index (χ1v) is 7.87. The Morgan fingerprint density at radius 2 is 2.26 bits per heavy atom. The Labute approximate surface area is 135 Å². The van der Waals surface area contributed by atoms with Crippen LogP contribution in [0.3, 0.4) is 0 Å². The second-order valence-corrected chi connectivity index (χ2v) is 5.90. The Hall–Kier alpha value is -2.44. The maximum atomic E-state index is 12.5. The van der Waals surface area contributed by atoms with Gasteiger partial charge in [-0.15, -0.1) is 0 Å². The number of anilines is 1. The van der Waals surface area contributed by atoms with Gasteiger partial charge >= 0.3 is 0 Å². The zero-order valence-electron chi connectivity index (χ0n) is 13.5. The van der Waals surface area contributed by atoms with Gasteiger partial charge < -0.3 is 14.7 Å². The van der Waals surface area contributed by atoms with Crippen LogP contribution in [0.15, 0.2) is 23.0 Å². The molecule has 0 saturated carbocycles. The lowest BCUT2D eigenvalue weighted by atomic mass is 9.93. The van der Waals surface area contributed by atoms with Crippen molar-refractivity contribution in [2.24, 2.45) is 5.92 Å². The third-order valence-corrected chi connectivity index (χ3v) is 4.14. The van der Waals surface area contributed by atoms with Crippen LogP contribution in [0.4, 0.5) is 5.82 Å². The molecule has 3 rings (SSSR count). The summed E-state index contributed by atoms with van der Waals surface area (Å²) in [7, 11) is 1.84. The van der Waals surface area contributed by atoms with Gasteiger partial charge in [-0.1, -0.05) is 5.16 Å². The zero-order chi connectivity index (χ0) is 16.2. The number of aryl methyl sites for hydroxylation is 1. The summed E-state index contributed by atoms with van der Waals surface area (Å²) in [6.45, 7) is 3.28. The highest BCUT2D eigenvalue weighted by Gasteiger charge is 2.27. The van der Waals surface area contributed by atoms with Gasteiger partial charge in [0.05, 0.1) is 11.4 Å². The molecular formula is C16H21N5O2. The molecule has 1 atom stereocenters. The lowest BCUT2D eigenvalue weighted by Gasteiger charge is -2.32. The van der Waals surface area contributed by atoms with E-state index in [0.717, 1.165) is 43.0 Å². The summed E-state index contributed by atoms with van der Waals surface area (Å²) in [6, 6.07) is 1.69. The quantitative estimate of drug-likeness (QED) is 0.928. The Kier molecular flexibility index (Phi) is 4.55. The lowest BCUT2D eigenvalue weighted by molar-refractivity contribution is 0.0631. The fourth-order valence-corrected chi connectivity index (χ4v) is 3.03. The third kappa shape index (κ3) is 3.49. The van der Waals surface area contributed by atoms with E-state index in [-0.39, 0.29) is 5.91 Å². The van der Waals surface area contributed by atoms with Crippen molar-refractivity contribution in [1.29, 1.82) is 0 Å². The first-order valence-electron chi connectivity index (χ1n) is 7.87. The normalized spacial score (nSPS) is 18.0. The van der Waals surface area contributed by atoms with Crippen LogP contribution in [0.2, 0.25) is 0 Å². The van der Waals surface area contributed by atoms with Gasteiger partial charge in [-0.25, -0.2) is 4.98 Å². The largest absolute Gasteiger partial charge is 0.372 e. The van der Waals surface area contributed by atoms with E-state index in [1.807, 2.05) is 18.9 Å². The number of piperidine rings is 1. The summed E-state index contributed by atoms with van der Waals surface area (Å²) in [4.78, 5) is 23.0. The summed E-state index contributed by atoms with van der Waals surface area (Å²) in [5, 5.41) is 6.86. The van der Waals surface area contributed by atoms with Crippen molar-refractivity contribution in [3.63, 3.8) is 0 Å². The molecular weight excluding hydrogens is 294 g/mol. The van der Waals surface area contributed by atoms with Crippen LogP contribution in [0.25, 0.3) is 0 Å². The Balaban J connectivity index is 1.67. The van der Waals surface area contributed by atoms with E-state index in [4.69, 9.17) is 4.52 Å². The second kappa shape index (κ2) is 6.76. The van der Waals surface area contributed by atoms with Crippen LogP contribution in [0.1, 0.15) is 34.8 Å². The Morgan fingerprint density at radius 1 is 1.43 bits per heavy atom. The molecule has 0 bridgehead atoms. The molecule has 7 nitrogen and oxygen atoms in total. The van der Waals surface area contributed by atoms with Crippen molar-refractivity contribution < 1.29 is 9.32 Å². The predicted molar refractivity (Wildman–Crippen MR) is 85.2 cm³/mol. The minimum Gasteiger partial charge on any atom is -0.372 e. The van der Waals surface area contributed by atoms with Crippen molar-refractivity contribution >= 4 is 11.7 Å². The Morgan fingerprint density at radius 3 is 3.00 bits per heavy atom. The number of aromatic nitrogens is 3. The van der Waals surface area contributed by atoms with E-state index in [2.05, 4.69) is 20.4 Å². The van der Waals surface area contributed by atoms with Gasteiger partial charge in [-0.2, -0.15) is 0 Å². The topological polar surface area (TPSA) is 84.2 Å². The number of nitrogens with zero attached hydrogens (tertiary/aromatic N) is 4. The fraction of sp³-hybridized carbons (Fsp3) is 0.500. The van der Waals surface area contributed by atoms with E-state index in [1.54, 1.807) is 18.5 Å². The van der Waals surface area contributed by atoms with E-state index >= 15 is 0 Å². The van der Waals surface area contributed by atoms with E-state index in [1.165, 1.54) is 0 Å². The molecule has 0 aromatic carbocycles. The van der Waals surface area contributed by atoms with Crippen molar-refractivity contribution in [3.05, 3.63) is 35.6 Å². The molecule has 1 saturated heterocycles. The zero-order valence-corrected chi connectivity index (χ0v) is 13.5. The molecule has 23 heavy (non-hydrogen) atoms. The molecule has 2 aromatic heterocycles. The number of likely N-dealkylation sites (tertiary alicyclic amines) is 1. The summed E-state index contributed by atoms with van der Waals surface area (Å²) < 4.78 is 5.10. The molecule has 1 N–H and O–H groups in total. The van der Waals surface area contributed by atoms with Crippen LogP contribution < -0.4 is 5.32 Å². The van der Waals surface area contributed by atoms with Crippen molar-refractivity contribution in [3.8, 4) is 0 Å². The number of amides is 1. The van der Waals surface area contributed by atoms with E-state index in [9.17, 15) is 4.79 Å². The molecule has 2 aromatic rings. The number of hydrogen-bond acceptors (Lipinski definition) is 6. The van der Waals surface area contributed by atoms with Crippen LogP contribution in [0, 0.1) is 12.8 Å². The fourth-order valence-electron chi connectivity index (χ4n) is 3.03. The maximum Gasteiger partial charge on any atom is 0.292 e. The molecule has 0 radical (unpaired) electrons. The lowest BCUT2D eigenvalue weighted by Crippen LogP contribution is -2.40. The molecule has 1 aliphatic rings. The summed E-state index contributed by atoms with van der Waals surface area (Å²) in [5.74, 6) is 1.42. The van der Waals surface area contributed by atoms with E-state index < -0.39 is 0 Å². The van der Waals surface area contributed by atoms with Gasteiger partial charge in [0.25, 0.3) is 5.91 Å². The van der Waals surface area contributed by atoms with Crippen LogP contribution >= 0.6 is 0 Å². The predicted octanol–water partition coefficient (Wildman–Crippen LogP) is 1.91. The number of carbonyl (C=O) groups excluding carboxylic acids is 1. The van der Waals surface area contributed by atoms with Gasteiger partial charge in [0.1, 0.15) is 5.82 Å². The number of hydrogen-bond donors (Lipinski definition) is 1. The molecule has 1 aliphatic heterocycles. The summed E-state index contributed by atoms with van der Waals surface area (Å²) in [5.41, 5.74) is 1.67. The smallest absolute Gasteiger partial charge is 0.292 e. The summed E-state index contributed by atoms with van der Waals surface area (Å²) in [6.07, 6.45) is 6.26. The van der Waals surface area contributed by atoms with Gasteiger partial charge in [-0.3, -0.25) is 9.78 Å². The second-order valence-electron chi connectivity index (χ2n) is 5.90. The molecule has 7 heteroatoms. The molecule has 122 valence electrons. The first-order chi connectivity index (χ1) is 11.2. The first kappa shape index (κ1) is 15.5. The molecule has 1 unspecified atom stereocenters. The molecule has 1 fully saturated rings. The molecule has 0 spiro atoms. The van der Waals surface area contributed by atoms with Crippen LogP contribution in [0.5, 0.6) is 0 Å². The van der Waals surface area contributed by atoms with Gasteiger partial charge in [0, 0.05) is 38.6 Å². The highest BCUT2D eigenvalue weighted by molar-refractivity contribution is 5.91. The maximum absolute atomic E-state index is 12.5. The van der Waals surface area contributed by atoms with Crippen LogP contribution in [-0.2, 0) is 6.42 Å². The minimum atomic E-state index is -0.0803. The van der Waals surface area contributed by atoms with Gasteiger partial charge in [0.15, 0.2) is 0 Å². The van der Waals surface area contributed by atoms with E-state index in [0.29, 0.717) is 18.2 Å². The highest BCUT2D eigenvalue weighted by atomic mass is 16.5. The molecule has 1 amide bonds. The SMILES string of the molecule is CNc1nccnc1CC1CCCN(C(=O)c2cc(C)no2)C1. The molecule has 3 heterocycles. The number of carbonyl (C=O) groups is 1. The van der Waals surface area contributed by atoms with Gasteiger partial charge in [0.2, 0.25) is 5.76 Å². The summed E-state index contributed by atoms with van der Waals surface area (Å²) >= 11 is 0. The monoisotopic (exact) mass is 315 g/mol. The number of nitrogens with one attached hydrogen (secondary N) is 1. The van der Waals surface area contributed by atoms with Crippen LogP contribution in [-0.4, -0.2) is 46.1 Å². The van der Waals surface area contributed by atoms with Gasteiger partial charge in [-0.05, 0) is 32.1 Å². The average molecular weight is 315 g/mol. The van der Waals surface area contributed by atoms with Crippen molar-refractivity contribution in [2.45, 2.75) is 26.2 Å². The third-order valence-electron chi connectivity index (χ3n) is 4.14. The molecule has 0 aliphatic carbocycles. The van der Waals surface area contributed by atoms with Crippen molar-refractivity contribution in [2.75, 3.05) is 25.5 Å². The highest BCUT2D eigenvalue weighted by Crippen LogP contribution is 2.23. The Bertz CT molecular complexity index is 685. The van der Waals surface area contributed by atoms with Crippen molar-refractivity contribution in [1.82, 2.24) is 20.0 Å². The number of rotatable bonds is 4.